The Labute approximate surface area is 124 Å². The van der Waals surface area contributed by atoms with Crippen molar-refractivity contribution in [3.63, 3.8) is 0 Å². The number of piperidine rings is 1. The lowest BCUT2D eigenvalue weighted by Crippen LogP contribution is -2.51. The molecule has 1 aliphatic rings. The molecule has 1 unspecified atom stereocenters. The first-order valence-electron chi connectivity index (χ1n) is 7.39. The molecule has 1 fully saturated rings. The Morgan fingerprint density at radius 2 is 2.19 bits per heavy atom. The van der Waals surface area contributed by atoms with Gasteiger partial charge in [-0.15, -0.1) is 0 Å². The highest BCUT2D eigenvalue weighted by atomic mass is 16.5. The molecule has 116 valence electrons. The fourth-order valence-electron chi connectivity index (χ4n) is 2.99. The average molecular weight is 293 g/mol. The van der Waals surface area contributed by atoms with Crippen molar-refractivity contribution in [3.8, 4) is 0 Å². The maximum Gasteiger partial charge on any atom is 0.259 e. The van der Waals surface area contributed by atoms with E-state index in [4.69, 9.17) is 4.52 Å². The monoisotopic (exact) mass is 293 g/mol. The van der Waals surface area contributed by atoms with E-state index in [1.54, 1.807) is 18.9 Å². The molecule has 1 N–H and O–H groups in total. The fourth-order valence-corrected chi connectivity index (χ4v) is 2.99. The molecule has 0 aliphatic carbocycles. The first kappa shape index (κ1) is 15.5. The van der Waals surface area contributed by atoms with Gasteiger partial charge in [-0.05, 0) is 33.1 Å². The van der Waals surface area contributed by atoms with Crippen LogP contribution in [0.2, 0.25) is 0 Å². The molecule has 1 atom stereocenters. The lowest BCUT2D eigenvalue weighted by Gasteiger charge is -2.39. The number of nitrogens with one attached hydrogen (secondary N) is 1. The SMILES string of the molecule is CCc1noc(C)c1C(=O)N1CCCC(C)(C(=O)NC)C1. The standard InChI is InChI=1S/C15H23N3O3/c1-5-11-12(10(2)21-17-11)13(19)18-8-6-7-15(3,9-18)14(20)16-4/h5-9H2,1-4H3,(H,16,20). The molecule has 2 heterocycles. The molecule has 1 aromatic heterocycles. The van der Waals surface area contributed by atoms with E-state index in [1.165, 1.54) is 0 Å². The minimum absolute atomic E-state index is 0.0160. The summed E-state index contributed by atoms with van der Waals surface area (Å²) in [5.74, 6) is 0.447. The van der Waals surface area contributed by atoms with Crippen molar-refractivity contribution in [1.29, 1.82) is 0 Å². The summed E-state index contributed by atoms with van der Waals surface area (Å²) in [6.45, 7) is 6.70. The average Bonchev–Trinajstić information content (AvgIpc) is 2.86. The molecule has 0 spiro atoms. The summed E-state index contributed by atoms with van der Waals surface area (Å²) in [5.41, 5.74) is 0.712. The molecule has 0 aromatic carbocycles. The summed E-state index contributed by atoms with van der Waals surface area (Å²) in [4.78, 5) is 26.6. The molecule has 0 saturated carbocycles. The molecule has 21 heavy (non-hydrogen) atoms. The number of hydrogen-bond acceptors (Lipinski definition) is 4. The van der Waals surface area contributed by atoms with Gasteiger partial charge >= 0.3 is 0 Å². The van der Waals surface area contributed by atoms with Crippen LogP contribution < -0.4 is 5.32 Å². The molecule has 0 bridgehead atoms. The van der Waals surface area contributed by atoms with Crippen LogP contribution in [0.4, 0.5) is 0 Å². The van der Waals surface area contributed by atoms with Gasteiger partial charge in [-0.2, -0.15) is 0 Å². The molecule has 0 radical (unpaired) electrons. The molecular formula is C15H23N3O3. The zero-order valence-electron chi connectivity index (χ0n) is 13.2. The topological polar surface area (TPSA) is 75.4 Å². The van der Waals surface area contributed by atoms with Crippen LogP contribution in [0.5, 0.6) is 0 Å². The van der Waals surface area contributed by atoms with E-state index in [1.807, 2.05) is 13.8 Å². The van der Waals surface area contributed by atoms with Gasteiger partial charge in [0.2, 0.25) is 5.91 Å². The Kier molecular flexibility index (Phi) is 4.34. The minimum Gasteiger partial charge on any atom is -0.361 e. The van der Waals surface area contributed by atoms with Gasteiger partial charge in [0.15, 0.2) is 0 Å². The first-order valence-corrected chi connectivity index (χ1v) is 7.39. The Balaban J connectivity index is 2.23. The summed E-state index contributed by atoms with van der Waals surface area (Å²) in [6, 6.07) is 0. The van der Waals surface area contributed by atoms with Crippen molar-refractivity contribution in [3.05, 3.63) is 17.0 Å². The zero-order chi connectivity index (χ0) is 15.6. The van der Waals surface area contributed by atoms with Crippen LogP contribution in [0.25, 0.3) is 0 Å². The smallest absolute Gasteiger partial charge is 0.259 e. The molecular weight excluding hydrogens is 270 g/mol. The third-order valence-corrected chi connectivity index (χ3v) is 4.24. The van der Waals surface area contributed by atoms with Gasteiger partial charge in [-0.25, -0.2) is 0 Å². The molecule has 6 nitrogen and oxygen atoms in total. The lowest BCUT2D eigenvalue weighted by molar-refractivity contribution is -0.132. The number of amides is 2. The van der Waals surface area contributed by atoms with Crippen molar-refractivity contribution >= 4 is 11.8 Å². The van der Waals surface area contributed by atoms with Gasteiger partial charge < -0.3 is 14.7 Å². The van der Waals surface area contributed by atoms with E-state index >= 15 is 0 Å². The summed E-state index contributed by atoms with van der Waals surface area (Å²) in [6.07, 6.45) is 2.26. The minimum atomic E-state index is -0.528. The van der Waals surface area contributed by atoms with Crippen LogP contribution >= 0.6 is 0 Å². The number of carbonyl (C=O) groups excluding carboxylic acids is 2. The van der Waals surface area contributed by atoms with E-state index < -0.39 is 5.41 Å². The van der Waals surface area contributed by atoms with Gasteiger partial charge in [0, 0.05) is 20.1 Å². The van der Waals surface area contributed by atoms with Gasteiger partial charge in [0.25, 0.3) is 5.91 Å². The normalized spacial score (nSPS) is 22.2. The second-order valence-electron chi connectivity index (χ2n) is 5.88. The second kappa shape index (κ2) is 5.87. The number of nitrogens with zero attached hydrogens (tertiary/aromatic N) is 2. The van der Waals surface area contributed by atoms with Gasteiger partial charge in [0.05, 0.1) is 11.1 Å². The molecule has 1 aromatic rings. The zero-order valence-corrected chi connectivity index (χ0v) is 13.2. The predicted octanol–water partition coefficient (Wildman–Crippen LogP) is 1.53. The largest absolute Gasteiger partial charge is 0.361 e. The Bertz CT molecular complexity index is 552. The highest BCUT2D eigenvalue weighted by molar-refractivity contribution is 5.96. The third kappa shape index (κ3) is 2.80. The number of carbonyl (C=O) groups is 2. The highest BCUT2D eigenvalue weighted by Crippen LogP contribution is 2.31. The van der Waals surface area contributed by atoms with Crippen molar-refractivity contribution in [2.75, 3.05) is 20.1 Å². The van der Waals surface area contributed by atoms with E-state index in [9.17, 15) is 9.59 Å². The highest BCUT2D eigenvalue weighted by Gasteiger charge is 2.39. The van der Waals surface area contributed by atoms with Crippen LogP contribution in [0.1, 0.15) is 48.5 Å². The van der Waals surface area contributed by atoms with Crippen molar-refractivity contribution < 1.29 is 14.1 Å². The van der Waals surface area contributed by atoms with E-state index in [2.05, 4.69) is 10.5 Å². The second-order valence-corrected chi connectivity index (χ2v) is 5.88. The third-order valence-electron chi connectivity index (χ3n) is 4.24. The van der Waals surface area contributed by atoms with Crippen LogP contribution in [0.15, 0.2) is 4.52 Å². The Morgan fingerprint density at radius 3 is 2.81 bits per heavy atom. The number of hydrogen-bond donors (Lipinski definition) is 1. The van der Waals surface area contributed by atoms with Crippen molar-refractivity contribution in [2.24, 2.45) is 5.41 Å². The molecule has 6 heteroatoms. The van der Waals surface area contributed by atoms with Crippen LogP contribution in [-0.4, -0.2) is 42.0 Å². The number of aromatic nitrogens is 1. The fraction of sp³-hybridized carbons (Fsp3) is 0.667. The van der Waals surface area contributed by atoms with Crippen molar-refractivity contribution in [1.82, 2.24) is 15.4 Å². The summed E-state index contributed by atoms with van der Waals surface area (Å²) in [7, 11) is 1.63. The maximum absolute atomic E-state index is 12.8. The van der Waals surface area contributed by atoms with Gasteiger partial charge in [-0.3, -0.25) is 9.59 Å². The predicted molar refractivity (Wildman–Crippen MR) is 77.9 cm³/mol. The molecule has 2 rings (SSSR count). The molecule has 1 saturated heterocycles. The summed E-state index contributed by atoms with van der Waals surface area (Å²) >= 11 is 0. The maximum atomic E-state index is 12.8. The van der Waals surface area contributed by atoms with Crippen molar-refractivity contribution in [2.45, 2.75) is 40.0 Å². The van der Waals surface area contributed by atoms with Gasteiger partial charge in [-0.1, -0.05) is 12.1 Å². The van der Waals surface area contributed by atoms with Gasteiger partial charge in [0.1, 0.15) is 11.3 Å². The first-order chi connectivity index (χ1) is 9.92. The molecule has 2 amide bonds. The van der Waals surface area contributed by atoms with E-state index in [0.717, 1.165) is 12.8 Å². The van der Waals surface area contributed by atoms with Crippen LogP contribution in [-0.2, 0) is 11.2 Å². The number of rotatable bonds is 3. The van der Waals surface area contributed by atoms with Crippen LogP contribution in [0.3, 0.4) is 0 Å². The van der Waals surface area contributed by atoms with Crippen LogP contribution in [0, 0.1) is 12.3 Å². The Hall–Kier alpha value is -1.85. The van der Waals surface area contributed by atoms with E-state index in [0.29, 0.717) is 36.5 Å². The lowest BCUT2D eigenvalue weighted by atomic mass is 9.80. The number of aryl methyl sites for hydroxylation is 2. The quantitative estimate of drug-likeness (QED) is 0.917. The summed E-state index contributed by atoms with van der Waals surface area (Å²) < 4.78 is 5.14. The van der Waals surface area contributed by atoms with E-state index in [-0.39, 0.29) is 11.8 Å². The summed E-state index contributed by atoms with van der Waals surface area (Å²) in [5, 5.41) is 6.63. The Morgan fingerprint density at radius 1 is 1.48 bits per heavy atom. The molecule has 1 aliphatic heterocycles. The number of likely N-dealkylation sites (tertiary alicyclic amines) is 1.